The van der Waals surface area contributed by atoms with Gasteiger partial charge in [-0.05, 0) is 25.0 Å². The first-order chi connectivity index (χ1) is 12.0. The molecule has 25 heavy (non-hydrogen) atoms. The van der Waals surface area contributed by atoms with E-state index < -0.39 is 5.79 Å². The summed E-state index contributed by atoms with van der Waals surface area (Å²) in [4.78, 5) is 0. The largest absolute Gasteiger partial charge is 0.376 e. The normalized spacial score (nSPS) is 24.0. The first-order valence-corrected chi connectivity index (χ1v) is 9.06. The Labute approximate surface area is 150 Å². The second kappa shape index (κ2) is 8.13. The van der Waals surface area contributed by atoms with E-state index in [2.05, 4.69) is 43.3 Å². The van der Waals surface area contributed by atoms with E-state index in [1.807, 2.05) is 38.1 Å². The summed E-state index contributed by atoms with van der Waals surface area (Å²) in [6.07, 6.45) is 1.03. The van der Waals surface area contributed by atoms with E-state index in [0.29, 0.717) is 19.1 Å². The molecular weight excluding hydrogens is 312 g/mol. The molecule has 3 atom stereocenters. The van der Waals surface area contributed by atoms with Gasteiger partial charge in [0.15, 0.2) is 5.79 Å². The lowest BCUT2D eigenvalue weighted by Crippen LogP contribution is -2.44. The van der Waals surface area contributed by atoms with Gasteiger partial charge >= 0.3 is 0 Å². The average Bonchev–Trinajstić information content (AvgIpc) is 2.62. The Bertz CT molecular complexity index is 639. The Morgan fingerprint density at radius 2 is 1.64 bits per heavy atom. The minimum absolute atomic E-state index is 0.0616. The zero-order valence-corrected chi connectivity index (χ0v) is 15.4. The maximum Gasteiger partial charge on any atom is 0.163 e. The van der Waals surface area contributed by atoms with E-state index in [4.69, 9.17) is 14.2 Å². The van der Waals surface area contributed by atoms with Crippen molar-refractivity contribution in [1.82, 2.24) is 0 Å². The lowest BCUT2D eigenvalue weighted by Gasteiger charge is -2.43. The fraction of sp³-hybridized carbons (Fsp3) is 0.455. The molecule has 0 spiro atoms. The maximum atomic E-state index is 6.19. The molecule has 134 valence electrons. The van der Waals surface area contributed by atoms with E-state index in [1.54, 1.807) is 0 Å². The first-order valence-electron chi connectivity index (χ1n) is 9.06. The summed E-state index contributed by atoms with van der Waals surface area (Å²) in [6, 6.07) is 20.7. The average molecular weight is 340 g/mol. The summed E-state index contributed by atoms with van der Waals surface area (Å²) < 4.78 is 18.3. The fourth-order valence-corrected chi connectivity index (χ4v) is 3.31. The summed E-state index contributed by atoms with van der Waals surface area (Å²) in [6.45, 7) is 7.50. The Hall–Kier alpha value is -1.68. The quantitative estimate of drug-likeness (QED) is 0.730. The second-order valence-electron chi connectivity index (χ2n) is 7.29. The van der Waals surface area contributed by atoms with Gasteiger partial charge in [-0.25, -0.2) is 0 Å². The Balaban J connectivity index is 1.58. The van der Waals surface area contributed by atoms with Gasteiger partial charge in [0, 0.05) is 12.3 Å². The van der Waals surface area contributed by atoms with E-state index in [9.17, 15) is 0 Å². The molecule has 1 heterocycles. The molecule has 0 radical (unpaired) electrons. The molecule has 2 aromatic rings. The SMILES string of the molecule is C[C@@H](COCc1ccccc1)[C@@H]1C[C@H](c2ccccc2)OC(C)(C)O1. The molecule has 1 aliphatic heterocycles. The Morgan fingerprint density at radius 3 is 2.32 bits per heavy atom. The van der Waals surface area contributed by atoms with Crippen molar-refractivity contribution in [2.24, 2.45) is 5.92 Å². The van der Waals surface area contributed by atoms with Crippen LogP contribution in [0.3, 0.4) is 0 Å². The summed E-state index contributed by atoms with van der Waals surface area (Å²) in [5.41, 5.74) is 2.41. The highest BCUT2D eigenvalue weighted by molar-refractivity contribution is 5.18. The number of hydrogen-bond donors (Lipinski definition) is 0. The summed E-state index contributed by atoms with van der Waals surface area (Å²) >= 11 is 0. The highest BCUT2D eigenvalue weighted by atomic mass is 16.7. The minimum Gasteiger partial charge on any atom is -0.376 e. The lowest BCUT2D eigenvalue weighted by atomic mass is 9.94. The van der Waals surface area contributed by atoms with Crippen LogP contribution in [0.15, 0.2) is 60.7 Å². The van der Waals surface area contributed by atoms with Crippen LogP contribution in [0, 0.1) is 5.92 Å². The van der Waals surface area contributed by atoms with Crippen molar-refractivity contribution in [2.45, 2.75) is 51.8 Å². The molecule has 0 N–H and O–H groups in total. The van der Waals surface area contributed by atoms with Gasteiger partial charge in [0.1, 0.15) is 0 Å². The lowest BCUT2D eigenvalue weighted by molar-refractivity contribution is -0.311. The van der Waals surface area contributed by atoms with Crippen LogP contribution in [0.25, 0.3) is 0 Å². The second-order valence-corrected chi connectivity index (χ2v) is 7.29. The predicted molar refractivity (Wildman–Crippen MR) is 99.1 cm³/mol. The standard InChI is InChI=1S/C22H28O3/c1-17(15-23-16-18-10-6-4-7-11-18)20-14-21(25-22(2,3)24-20)19-12-8-5-9-13-19/h4-13,17,20-21H,14-16H2,1-3H3/t17-,20-,21+/m0/s1. The smallest absolute Gasteiger partial charge is 0.163 e. The molecule has 0 bridgehead atoms. The summed E-state index contributed by atoms with van der Waals surface area (Å²) in [5.74, 6) is -0.282. The van der Waals surface area contributed by atoms with Gasteiger partial charge in [-0.1, -0.05) is 67.6 Å². The highest BCUT2D eigenvalue weighted by Gasteiger charge is 2.38. The monoisotopic (exact) mass is 340 g/mol. The third-order valence-corrected chi connectivity index (χ3v) is 4.61. The Kier molecular flexibility index (Phi) is 5.89. The van der Waals surface area contributed by atoms with Gasteiger partial charge in [-0.2, -0.15) is 0 Å². The number of hydrogen-bond acceptors (Lipinski definition) is 3. The minimum atomic E-state index is -0.586. The van der Waals surface area contributed by atoms with Gasteiger partial charge in [-0.15, -0.1) is 0 Å². The van der Waals surface area contributed by atoms with Gasteiger partial charge < -0.3 is 14.2 Å². The fourth-order valence-electron chi connectivity index (χ4n) is 3.31. The van der Waals surface area contributed by atoms with Crippen LogP contribution in [-0.4, -0.2) is 18.5 Å². The van der Waals surface area contributed by atoms with Crippen LogP contribution in [0.2, 0.25) is 0 Å². The van der Waals surface area contributed by atoms with Crippen LogP contribution >= 0.6 is 0 Å². The van der Waals surface area contributed by atoms with Crippen LogP contribution < -0.4 is 0 Å². The molecule has 3 nitrogen and oxygen atoms in total. The molecule has 1 aliphatic rings. The summed E-state index contributed by atoms with van der Waals surface area (Å²) in [5, 5.41) is 0. The van der Waals surface area contributed by atoms with Crippen molar-refractivity contribution in [3.05, 3.63) is 71.8 Å². The molecule has 3 heteroatoms. The molecule has 0 amide bonds. The van der Waals surface area contributed by atoms with Crippen molar-refractivity contribution < 1.29 is 14.2 Å². The predicted octanol–water partition coefficient (Wildman–Crippen LogP) is 5.12. The topological polar surface area (TPSA) is 27.7 Å². The molecule has 1 fully saturated rings. The van der Waals surface area contributed by atoms with Crippen LogP contribution in [0.5, 0.6) is 0 Å². The van der Waals surface area contributed by atoms with Gasteiger partial charge in [0.2, 0.25) is 0 Å². The van der Waals surface area contributed by atoms with Crippen molar-refractivity contribution in [3.63, 3.8) is 0 Å². The number of benzene rings is 2. The third-order valence-electron chi connectivity index (χ3n) is 4.61. The van der Waals surface area contributed by atoms with E-state index in [0.717, 1.165) is 6.42 Å². The molecule has 2 aromatic carbocycles. The molecule has 0 unspecified atom stereocenters. The third kappa shape index (κ3) is 5.15. The molecular formula is C22H28O3. The van der Waals surface area contributed by atoms with Gasteiger partial charge in [0.25, 0.3) is 0 Å². The summed E-state index contributed by atoms with van der Waals surface area (Å²) in [7, 11) is 0. The van der Waals surface area contributed by atoms with Crippen molar-refractivity contribution in [3.8, 4) is 0 Å². The van der Waals surface area contributed by atoms with Crippen LogP contribution in [-0.2, 0) is 20.8 Å². The zero-order chi connectivity index (χ0) is 17.7. The van der Waals surface area contributed by atoms with Crippen molar-refractivity contribution in [1.29, 1.82) is 0 Å². The number of rotatable bonds is 6. The van der Waals surface area contributed by atoms with E-state index in [-0.39, 0.29) is 12.2 Å². The highest BCUT2D eigenvalue weighted by Crippen LogP contribution is 2.38. The molecule has 0 saturated carbocycles. The number of ether oxygens (including phenoxy) is 3. The zero-order valence-electron chi connectivity index (χ0n) is 15.4. The maximum absolute atomic E-state index is 6.19. The van der Waals surface area contributed by atoms with Gasteiger partial charge in [-0.3, -0.25) is 0 Å². The van der Waals surface area contributed by atoms with E-state index in [1.165, 1.54) is 11.1 Å². The van der Waals surface area contributed by atoms with Crippen molar-refractivity contribution >= 4 is 0 Å². The molecule has 1 saturated heterocycles. The van der Waals surface area contributed by atoms with E-state index >= 15 is 0 Å². The first kappa shape index (κ1) is 18.1. The Morgan fingerprint density at radius 1 is 1.00 bits per heavy atom. The molecule has 0 aromatic heterocycles. The van der Waals surface area contributed by atoms with Crippen LogP contribution in [0.1, 0.15) is 44.4 Å². The molecule has 0 aliphatic carbocycles. The molecule has 3 rings (SSSR count). The van der Waals surface area contributed by atoms with Crippen LogP contribution in [0.4, 0.5) is 0 Å². The van der Waals surface area contributed by atoms with Gasteiger partial charge in [0.05, 0.1) is 25.4 Å². The van der Waals surface area contributed by atoms with Crippen molar-refractivity contribution in [2.75, 3.05) is 6.61 Å².